The number of benzene rings is 1. The van der Waals surface area contributed by atoms with Crippen LogP contribution in [0.5, 0.6) is 5.75 Å². The first-order valence-electron chi connectivity index (χ1n) is 6.69. The smallest absolute Gasteiger partial charge is 0.148 e. The summed E-state index contributed by atoms with van der Waals surface area (Å²) in [6.45, 7) is 1.85. The van der Waals surface area contributed by atoms with Crippen LogP contribution in [-0.2, 0) is 0 Å². The predicted octanol–water partition coefficient (Wildman–Crippen LogP) is 2.31. The van der Waals surface area contributed by atoms with E-state index in [2.05, 4.69) is 17.3 Å². The Balaban J connectivity index is 2.02. The Kier molecular flexibility index (Phi) is 4.47. The van der Waals surface area contributed by atoms with Crippen LogP contribution in [0, 0.1) is 5.82 Å². The van der Waals surface area contributed by atoms with Crippen LogP contribution in [0.3, 0.4) is 0 Å². The lowest BCUT2D eigenvalue weighted by Gasteiger charge is -2.32. The molecule has 1 aromatic rings. The number of rotatable bonds is 4. The molecule has 0 amide bonds. The number of methoxy groups -OCH3 is 1. The van der Waals surface area contributed by atoms with Crippen LogP contribution in [0.2, 0.25) is 0 Å². The molecule has 0 saturated carbocycles. The highest BCUT2D eigenvalue weighted by molar-refractivity contribution is 5.62. The van der Waals surface area contributed by atoms with Crippen molar-refractivity contribution in [3.8, 4) is 5.75 Å². The van der Waals surface area contributed by atoms with Gasteiger partial charge in [-0.15, -0.1) is 0 Å². The summed E-state index contributed by atoms with van der Waals surface area (Å²) in [5.41, 5.74) is 6.43. The zero-order chi connectivity index (χ0) is 13.8. The second-order valence-electron chi connectivity index (χ2n) is 5.09. The van der Waals surface area contributed by atoms with Crippen LogP contribution in [0.1, 0.15) is 19.3 Å². The molecule has 2 rings (SSSR count). The van der Waals surface area contributed by atoms with Crippen LogP contribution < -0.4 is 15.8 Å². The predicted molar refractivity (Wildman–Crippen MR) is 76.1 cm³/mol. The van der Waals surface area contributed by atoms with Crippen molar-refractivity contribution in [1.29, 1.82) is 0 Å². The highest BCUT2D eigenvalue weighted by Crippen LogP contribution is 2.28. The van der Waals surface area contributed by atoms with Crippen molar-refractivity contribution >= 4 is 11.4 Å². The fourth-order valence-electron chi connectivity index (χ4n) is 2.51. The molecule has 3 N–H and O–H groups in total. The summed E-state index contributed by atoms with van der Waals surface area (Å²) in [5, 5.41) is 3.16. The van der Waals surface area contributed by atoms with Crippen LogP contribution in [0.15, 0.2) is 12.1 Å². The van der Waals surface area contributed by atoms with Gasteiger partial charge in [-0.05, 0) is 26.4 Å². The third kappa shape index (κ3) is 3.29. The van der Waals surface area contributed by atoms with Crippen molar-refractivity contribution in [2.75, 3.05) is 38.3 Å². The van der Waals surface area contributed by atoms with Gasteiger partial charge in [-0.25, -0.2) is 4.39 Å². The topological polar surface area (TPSA) is 50.5 Å². The summed E-state index contributed by atoms with van der Waals surface area (Å²) in [6.07, 6.45) is 3.64. The van der Waals surface area contributed by atoms with E-state index >= 15 is 0 Å². The van der Waals surface area contributed by atoms with Gasteiger partial charge in [0.2, 0.25) is 0 Å². The van der Waals surface area contributed by atoms with Crippen molar-refractivity contribution in [3.63, 3.8) is 0 Å². The largest absolute Gasteiger partial charge is 0.495 e. The number of likely N-dealkylation sites (tertiary alicyclic amines) is 1. The minimum absolute atomic E-state index is 0.320. The maximum atomic E-state index is 13.8. The maximum Gasteiger partial charge on any atom is 0.148 e. The summed E-state index contributed by atoms with van der Waals surface area (Å²) in [5.74, 6) is 0.165. The van der Waals surface area contributed by atoms with Gasteiger partial charge in [0, 0.05) is 24.7 Å². The van der Waals surface area contributed by atoms with Crippen LogP contribution in [0.25, 0.3) is 0 Å². The van der Waals surface area contributed by atoms with E-state index in [1.165, 1.54) is 26.0 Å². The summed E-state index contributed by atoms with van der Waals surface area (Å²) in [7, 11) is 3.65. The van der Waals surface area contributed by atoms with E-state index in [0.717, 1.165) is 19.5 Å². The van der Waals surface area contributed by atoms with Gasteiger partial charge >= 0.3 is 0 Å². The molecule has 1 saturated heterocycles. The second kappa shape index (κ2) is 6.10. The van der Waals surface area contributed by atoms with Crippen LogP contribution in [0.4, 0.5) is 15.8 Å². The Bertz CT molecular complexity index is 439. The first kappa shape index (κ1) is 13.9. The molecule has 19 heavy (non-hydrogen) atoms. The zero-order valence-corrected chi connectivity index (χ0v) is 11.6. The average molecular weight is 267 g/mol. The number of nitrogens with two attached hydrogens (primary N) is 1. The number of likely N-dealkylation sites (N-methyl/N-ethyl adjacent to an activating group) is 1. The third-order valence-electron chi connectivity index (χ3n) is 3.77. The normalized spacial score (nSPS) is 20.3. The molecule has 1 fully saturated rings. The Morgan fingerprint density at radius 3 is 2.95 bits per heavy atom. The summed E-state index contributed by atoms with van der Waals surface area (Å²) in [4.78, 5) is 2.32. The van der Waals surface area contributed by atoms with Gasteiger partial charge in [-0.2, -0.15) is 0 Å². The molecule has 5 heteroatoms. The quantitative estimate of drug-likeness (QED) is 0.822. The van der Waals surface area contributed by atoms with Gasteiger partial charge in [0.25, 0.3) is 0 Å². The van der Waals surface area contributed by atoms with Crippen molar-refractivity contribution in [3.05, 3.63) is 17.9 Å². The van der Waals surface area contributed by atoms with E-state index in [1.54, 1.807) is 6.07 Å². The number of nitrogens with zero attached hydrogens (tertiary/aromatic N) is 1. The number of hydrogen-bond donors (Lipinski definition) is 2. The molecule has 106 valence electrons. The fourth-order valence-corrected chi connectivity index (χ4v) is 2.51. The highest BCUT2D eigenvalue weighted by atomic mass is 19.1. The van der Waals surface area contributed by atoms with Gasteiger partial charge < -0.3 is 20.7 Å². The molecule has 0 spiro atoms. The molecular formula is C14H22FN3O. The van der Waals surface area contributed by atoms with Gasteiger partial charge in [0.1, 0.15) is 11.6 Å². The van der Waals surface area contributed by atoms with E-state index in [1.807, 2.05) is 0 Å². The van der Waals surface area contributed by atoms with Crippen LogP contribution >= 0.6 is 0 Å². The highest BCUT2D eigenvalue weighted by Gasteiger charge is 2.19. The maximum absolute atomic E-state index is 13.8. The zero-order valence-electron chi connectivity index (χ0n) is 11.6. The summed E-state index contributed by atoms with van der Waals surface area (Å²) in [6, 6.07) is 3.37. The Hall–Kier alpha value is -1.49. The molecule has 1 atom stereocenters. The van der Waals surface area contributed by atoms with Gasteiger partial charge in [-0.1, -0.05) is 6.42 Å². The van der Waals surface area contributed by atoms with E-state index in [9.17, 15) is 4.39 Å². The van der Waals surface area contributed by atoms with E-state index < -0.39 is 0 Å². The van der Waals surface area contributed by atoms with Crippen LogP contribution in [-0.4, -0.2) is 38.2 Å². The third-order valence-corrected chi connectivity index (χ3v) is 3.77. The minimum atomic E-state index is -0.336. The first-order chi connectivity index (χ1) is 9.11. The number of hydrogen-bond acceptors (Lipinski definition) is 4. The van der Waals surface area contributed by atoms with Gasteiger partial charge in [0.05, 0.1) is 18.5 Å². The second-order valence-corrected chi connectivity index (χ2v) is 5.09. The van der Waals surface area contributed by atoms with Crippen molar-refractivity contribution in [1.82, 2.24) is 4.90 Å². The molecule has 1 aromatic carbocycles. The molecule has 0 radical (unpaired) electrons. The van der Waals surface area contributed by atoms with Gasteiger partial charge in [-0.3, -0.25) is 0 Å². The van der Waals surface area contributed by atoms with E-state index in [4.69, 9.17) is 10.5 Å². The van der Waals surface area contributed by atoms with Gasteiger partial charge in [0.15, 0.2) is 0 Å². The average Bonchev–Trinajstić information content (AvgIpc) is 2.39. The number of nitrogen functional groups attached to an aromatic ring is 1. The Morgan fingerprint density at radius 1 is 1.47 bits per heavy atom. The number of piperidine rings is 1. The Morgan fingerprint density at radius 2 is 2.26 bits per heavy atom. The standard InChI is InChI=1S/C14H22FN3O/c1-18-6-4-3-5-10(18)9-17-13-8-14(19-2)12(16)7-11(13)15/h7-8,10,17H,3-6,9,16H2,1-2H3. The molecular weight excluding hydrogens is 245 g/mol. The molecule has 0 bridgehead atoms. The number of anilines is 2. The molecule has 1 heterocycles. The fraction of sp³-hybridized carbons (Fsp3) is 0.571. The molecule has 1 aliphatic heterocycles. The summed E-state index contributed by atoms with van der Waals surface area (Å²) < 4.78 is 18.9. The number of nitrogens with one attached hydrogen (secondary N) is 1. The van der Waals surface area contributed by atoms with Crippen molar-refractivity contribution < 1.29 is 9.13 Å². The lowest BCUT2D eigenvalue weighted by Crippen LogP contribution is -2.40. The molecule has 0 aromatic heterocycles. The lowest BCUT2D eigenvalue weighted by molar-refractivity contribution is 0.194. The van der Waals surface area contributed by atoms with E-state index in [-0.39, 0.29) is 5.82 Å². The molecule has 0 aliphatic carbocycles. The van der Waals surface area contributed by atoms with Crippen molar-refractivity contribution in [2.45, 2.75) is 25.3 Å². The first-order valence-corrected chi connectivity index (χ1v) is 6.69. The molecule has 1 aliphatic rings. The van der Waals surface area contributed by atoms with E-state index in [0.29, 0.717) is 23.2 Å². The number of halogens is 1. The number of ether oxygens (including phenoxy) is 1. The molecule has 1 unspecified atom stereocenters. The SMILES string of the molecule is COc1cc(NCC2CCCCN2C)c(F)cc1N. The van der Waals surface area contributed by atoms with Crippen molar-refractivity contribution in [2.24, 2.45) is 0 Å². The monoisotopic (exact) mass is 267 g/mol. The lowest BCUT2D eigenvalue weighted by atomic mass is 10.0. The molecule has 4 nitrogen and oxygen atoms in total. The Labute approximate surface area is 113 Å². The minimum Gasteiger partial charge on any atom is -0.495 e. The summed E-state index contributed by atoms with van der Waals surface area (Å²) >= 11 is 0.